The molecule has 1 saturated carbocycles. The van der Waals surface area contributed by atoms with Gasteiger partial charge in [-0.25, -0.2) is 4.99 Å². The van der Waals surface area contributed by atoms with E-state index >= 15 is 0 Å². The largest absolute Gasteiger partial charge is 0.370 e. The van der Waals surface area contributed by atoms with Crippen LogP contribution in [0.3, 0.4) is 0 Å². The van der Waals surface area contributed by atoms with Crippen LogP contribution in [0.25, 0.3) is 0 Å². The third kappa shape index (κ3) is 2.72. The van der Waals surface area contributed by atoms with Crippen LogP contribution in [0.5, 0.6) is 0 Å². The molecule has 0 amide bonds. The molecule has 0 saturated heterocycles. The second kappa shape index (κ2) is 5.91. The van der Waals surface area contributed by atoms with Gasteiger partial charge in [-0.3, -0.25) is 0 Å². The summed E-state index contributed by atoms with van der Waals surface area (Å²) in [7, 11) is 0. The van der Waals surface area contributed by atoms with Crippen LogP contribution in [0.15, 0.2) is 53.5 Å². The quantitative estimate of drug-likeness (QED) is 0.455. The molecule has 2 aromatic rings. The standard InChI is InChI=1S/C18H19N3.HI/c1-11-5-4-7-13(9-11)20-18(19)21-17-15-10-12-6-2-3-8-14(12)16(15)17;/h2-9,15-17H,10H2,1H3,(H3,19,20,21);1H. The number of anilines is 1. The van der Waals surface area contributed by atoms with E-state index in [4.69, 9.17) is 5.73 Å². The van der Waals surface area contributed by atoms with Crippen molar-refractivity contribution in [2.75, 3.05) is 5.32 Å². The summed E-state index contributed by atoms with van der Waals surface area (Å²) in [4.78, 5) is 4.68. The van der Waals surface area contributed by atoms with E-state index in [9.17, 15) is 0 Å². The molecule has 1 fully saturated rings. The average molecular weight is 405 g/mol. The number of benzene rings is 2. The molecule has 4 rings (SSSR count). The molecule has 3 N–H and O–H groups in total. The number of halogens is 1. The lowest BCUT2D eigenvalue weighted by atomic mass is 10.1. The summed E-state index contributed by atoms with van der Waals surface area (Å²) in [6, 6.07) is 17.2. The van der Waals surface area contributed by atoms with Crippen molar-refractivity contribution < 1.29 is 0 Å². The van der Waals surface area contributed by atoms with Crippen molar-refractivity contribution in [3.05, 3.63) is 65.2 Å². The number of guanidine groups is 1. The third-order valence-corrected chi connectivity index (χ3v) is 4.58. The van der Waals surface area contributed by atoms with E-state index in [1.807, 2.05) is 12.1 Å². The number of nitrogens with zero attached hydrogens (tertiary/aromatic N) is 1. The highest BCUT2D eigenvalue weighted by atomic mass is 127. The van der Waals surface area contributed by atoms with Gasteiger partial charge in [0.25, 0.3) is 0 Å². The normalized spacial score (nSPS) is 25.0. The number of rotatable bonds is 2. The van der Waals surface area contributed by atoms with Crippen LogP contribution in [0.4, 0.5) is 5.69 Å². The van der Waals surface area contributed by atoms with Crippen LogP contribution < -0.4 is 11.1 Å². The van der Waals surface area contributed by atoms with E-state index < -0.39 is 0 Å². The predicted octanol–water partition coefficient (Wildman–Crippen LogP) is 3.68. The van der Waals surface area contributed by atoms with Gasteiger partial charge in [0.15, 0.2) is 5.96 Å². The summed E-state index contributed by atoms with van der Waals surface area (Å²) >= 11 is 0. The third-order valence-electron chi connectivity index (χ3n) is 4.58. The first-order chi connectivity index (χ1) is 10.2. The van der Waals surface area contributed by atoms with Gasteiger partial charge in [-0.15, -0.1) is 24.0 Å². The van der Waals surface area contributed by atoms with Crippen molar-refractivity contribution in [3.8, 4) is 0 Å². The second-order valence-corrected chi connectivity index (χ2v) is 6.09. The zero-order valence-corrected chi connectivity index (χ0v) is 14.8. The molecule has 4 heteroatoms. The van der Waals surface area contributed by atoms with E-state index in [0.29, 0.717) is 23.8 Å². The van der Waals surface area contributed by atoms with Gasteiger partial charge in [-0.2, -0.15) is 0 Å². The molecule has 0 spiro atoms. The summed E-state index contributed by atoms with van der Waals surface area (Å²) in [6.07, 6.45) is 1.15. The maximum absolute atomic E-state index is 6.06. The first kappa shape index (κ1) is 15.3. The van der Waals surface area contributed by atoms with Crippen molar-refractivity contribution in [1.29, 1.82) is 0 Å². The maximum Gasteiger partial charge on any atom is 0.193 e. The van der Waals surface area contributed by atoms with Crippen molar-refractivity contribution in [3.63, 3.8) is 0 Å². The number of hydrogen-bond donors (Lipinski definition) is 2. The molecule has 0 aromatic heterocycles. The number of nitrogens with one attached hydrogen (secondary N) is 1. The van der Waals surface area contributed by atoms with Crippen LogP contribution in [0.2, 0.25) is 0 Å². The minimum absolute atomic E-state index is 0. The predicted molar refractivity (Wildman–Crippen MR) is 102 cm³/mol. The van der Waals surface area contributed by atoms with E-state index in [1.54, 1.807) is 0 Å². The van der Waals surface area contributed by atoms with Crippen LogP contribution in [0, 0.1) is 12.8 Å². The number of hydrogen-bond acceptors (Lipinski definition) is 1. The Hall–Kier alpha value is -1.56. The van der Waals surface area contributed by atoms with Gasteiger partial charge in [-0.05, 0) is 48.1 Å². The molecular formula is C18H20IN3. The van der Waals surface area contributed by atoms with Gasteiger partial charge in [0, 0.05) is 11.6 Å². The monoisotopic (exact) mass is 405 g/mol. The lowest BCUT2D eigenvalue weighted by Crippen LogP contribution is -2.23. The van der Waals surface area contributed by atoms with Gasteiger partial charge in [0.05, 0.1) is 6.04 Å². The molecule has 2 aliphatic rings. The molecule has 0 aliphatic heterocycles. The second-order valence-electron chi connectivity index (χ2n) is 6.09. The molecule has 22 heavy (non-hydrogen) atoms. The highest BCUT2D eigenvalue weighted by molar-refractivity contribution is 14.0. The zero-order chi connectivity index (χ0) is 14.4. The number of nitrogens with two attached hydrogens (primary N) is 1. The Kier molecular flexibility index (Phi) is 4.12. The van der Waals surface area contributed by atoms with Crippen molar-refractivity contribution in [1.82, 2.24) is 0 Å². The van der Waals surface area contributed by atoms with Gasteiger partial charge in [0.1, 0.15) is 0 Å². The minimum Gasteiger partial charge on any atom is -0.370 e. The fourth-order valence-corrected chi connectivity index (χ4v) is 3.56. The molecule has 0 heterocycles. The summed E-state index contributed by atoms with van der Waals surface area (Å²) in [5, 5.41) is 3.20. The summed E-state index contributed by atoms with van der Waals surface area (Å²) in [6.45, 7) is 2.07. The van der Waals surface area contributed by atoms with E-state index in [1.165, 1.54) is 16.7 Å². The number of fused-ring (bicyclic) bond motifs is 3. The van der Waals surface area contributed by atoms with Gasteiger partial charge >= 0.3 is 0 Å². The minimum atomic E-state index is 0. The Balaban J connectivity index is 0.00000144. The van der Waals surface area contributed by atoms with E-state index in [-0.39, 0.29) is 24.0 Å². The van der Waals surface area contributed by atoms with Gasteiger partial charge in [0.2, 0.25) is 0 Å². The Bertz CT molecular complexity index is 726. The fraction of sp³-hybridized carbons (Fsp3) is 0.278. The first-order valence-corrected chi connectivity index (χ1v) is 7.47. The molecule has 114 valence electrons. The molecule has 0 radical (unpaired) electrons. The maximum atomic E-state index is 6.06. The molecule has 2 aliphatic carbocycles. The van der Waals surface area contributed by atoms with Crippen molar-refractivity contribution in [2.24, 2.45) is 16.6 Å². The highest BCUT2D eigenvalue weighted by Crippen LogP contribution is 2.58. The fourth-order valence-electron chi connectivity index (χ4n) is 3.56. The molecule has 3 nitrogen and oxygen atoms in total. The summed E-state index contributed by atoms with van der Waals surface area (Å²) < 4.78 is 0. The lowest BCUT2D eigenvalue weighted by Gasteiger charge is -2.08. The van der Waals surface area contributed by atoms with Gasteiger partial charge < -0.3 is 11.1 Å². The van der Waals surface area contributed by atoms with E-state index in [0.717, 1.165) is 12.1 Å². The van der Waals surface area contributed by atoms with Gasteiger partial charge in [-0.1, -0.05) is 36.4 Å². The van der Waals surface area contributed by atoms with Crippen LogP contribution in [-0.4, -0.2) is 12.0 Å². The van der Waals surface area contributed by atoms with Crippen LogP contribution in [0.1, 0.15) is 22.6 Å². The SMILES string of the molecule is Cc1cccc(NC(N)=NC2C3Cc4ccccc4C32)c1.I. The van der Waals surface area contributed by atoms with Crippen LogP contribution >= 0.6 is 24.0 Å². The Labute approximate surface area is 148 Å². The van der Waals surface area contributed by atoms with Crippen molar-refractivity contribution >= 4 is 35.6 Å². The smallest absolute Gasteiger partial charge is 0.193 e. The Morgan fingerprint density at radius 2 is 2.00 bits per heavy atom. The molecule has 2 aromatic carbocycles. The Morgan fingerprint density at radius 1 is 1.18 bits per heavy atom. The lowest BCUT2D eigenvalue weighted by molar-refractivity contribution is 0.801. The molecule has 3 unspecified atom stereocenters. The molecular weight excluding hydrogens is 385 g/mol. The van der Waals surface area contributed by atoms with Crippen molar-refractivity contribution in [2.45, 2.75) is 25.3 Å². The highest BCUT2D eigenvalue weighted by Gasteiger charge is 2.55. The molecule has 0 bridgehead atoms. The first-order valence-electron chi connectivity index (χ1n) is 7.47. The Morgan fingerprint density at radius 3 is 2.82 bits per heavy atom. The summed E-state index contributed by atoms with van der Waals surface area (Å²) in [5.74, 6) is 1.76. The summed E-state index contributed by atoms with van der Waals surface area (Å²) in [5.41, 5.74) is 11.2. The molecule has 3 atom stereocenters. The number of aryl methyl sites for hydroxylation is 1. The topological polar surface area (TPSA) is 50.4 Å². The average Bonchev–Trinajstić information content (AvgIpc) is 2.96. The van der Waals surface area contributed by atoms with E-state index in [2.05, 4.69) is 53.6 Å². The van der Waals surface area contributed by atoms with Crippen LogP contribution in [-0.2, 0) is 6.42 Å². The zero-order valence-electron chi connectivity index (χ0n) is 12.5. The number of aliphatic imine (C=N–C) groups is 1.